The van der Waals surface area contributed by atoms with Crippen LogP contribution in [0.2, 0.25) is 0 Å². The Hall–Kier alpha value is -0.990. The van der Waals surface area contributed by atoms with Crippen molar-refractivity contribution in [2.24, 2.45) is 0 Å². The van der Waals surface area contributed by atoms with E-state index < -0.39 is 0 Å². The minimum atomic E-state index is 0.982. The quantitative estimate of drug-likeness (QED) is 0.505. The molecule has 0 bridgehead atoms. The second kappa shape index (κ2) is 2.53. The van der Waals surface area contributed by atoms with Crippen LogP contribution in [-0.4, -0.2) is 11.8 Å². The largest absolute Gasteiger partial charge is 0.339 e. The average molecular weight is 127 g/mol. The maximum Gasteiger partial charge on any atom is 0.284 e. The lowest BCUT2D eigenvalue weighted by molar-refractivity contribution is -0.694. The molecule has 0 fully saturated rings. The number of rotatable bonds is 2. The second-order valence-electron chi connectivity index (χ2n) is 1.79. The van der Waals surface area contributed by atoms with Crippen molar-refractivity contribution in [2.75, 3.05) is 7.11 Å². The molecule has 3 heteroatoms. The molecule has 1 aromatic heterocycles. The van der Waals surface area contributed by atoms with Crippen LogP contribution in [0.25, 0.3) is 0 Å². The molecule has 0 aromatic carbocycles. The maximum absolute atomic E-state index is 4.89. The molecule has 3 nitrogen and oxygen atoms in total. The fourth-order valence-corrected chi connectivity index (χ4v) is 0.670. The van der Waals surface area contributed by atoms with Crippen LogP contribution in [0.3, 0.4) is 0 Å². The molecule has 0 N–H and O–H groups in total. The molecular weight excluding hydrogens is 116 g/mol. The van der Waals surface area contributed by atoms with E-state index in [1.54, 1.807) is 11.8 Å². The molecule has 0 unspecified atom stereocenters. The van der Waals surface area contributed by atoms with Gasteiger partial charge in [0.1, 0.15) is 13.3 Å². The minimum Gasteiger partial charge on any atom is -0.339 e. The van der Waals surface area contributed by atoms with E-state index >= 15 is 0 Å². The topological polar surface area (TPSA) is 18.0 Å². The van der Waals surface area contributed by atoms with E-state index in [2.05, 4.69) is 6.92 Å². The van der Waals surface area contributed by atoms with Crippen molar-refractivity contribution >= 4 is 0 Å². The first kappa shape index (κ1) is 6.13. The van der Waals surface area contributed by atoms with Crippen LogP contribution in [0, 0.1) is 0 Å². The molecule has 0 aliphatic rings. The fraction of sp³-hybridized carbons (Fsp3) is 0.500. The highest BCUT2D eigenvalue weighted by Crippen LogP contribution is 1.76. The lowest BCUT2D eigenvalue weighted by Gasteiger charge is -1.86. The Morgan fingerprint density at radius 3 is 2.78 bits per heavy atom. The molecule has 1 rings (SSSR count). The van der Waals surface area contributed by atoms with Gasteiger partial charge in [-0.3, -0.25) is 0 Å². The molecule has 0 spiro atoms. The third kappa shape index (κ3) is 1.22. The number of hydrogen-bond acceptors (Lipinski definition) is 1. The summed E-state index contributed by atoms with van der Waals surface area (Å²) >= 11 is 0. The summed E-state index contributed by atoms with van der Waals surface area (Å²) in [6.07, 6.45) is 5.72. The summed E-state index contributed by atoms with van der Waals surface area (Å²) in [5.41, 5.74) is 0. The highest BCUT2D eigenvalue weighted by molar-refractivity contribution is 4.59. The van der Waals surface area contributed by atoms with Crippen LogP contribution in [-0.2, 0) is 6.54 Å². The Morgan fingerprint density at radius 1 is 1.67 bits per heavy atom. The van der Waals surface area contributed by atoms with Gasteiger partial charge in [-0.2, -0.15) is 0 Å². The average Bonchev–Trinajstić information content (AvgIpc) is 2.34. The summed E-state index contributed by atoms with van der Waals surface area (Å²) in [5, 5.41) is 0. The van der Waals surface area contributed by atoms with Crippen LogP contribution in [0.4, 0.5) is 0 Å². The number of aryl methyl sites for hydroxylation is 1. The third-order valence-corrected chi connectivity index (χ3v) is 1.24. The van der Waals surface area contributed by atoms with Gasteiger partial charge in [0, 0.05) is 0 Å². The molecule has 0 radical (unpaired) electrons. The Balaban J connectivity index is 2.74. The van der Waals surface area contributed by atoms with Crippen molar-refractivity contribution < 1.29 is 9.40 Å². The van der Waals surface area contributed by atoms with Crippen molar-refractivity contribution in [3.63, 3.8) is 0 Å². The molecular formula is C6H11N2O+. The van der Waals surface area contributed by atoms with Gasteiger partial charge in [0.25, 0.3) is 6.33 Å². The third-order valence-electron chi connectivity index (χ3n) is 1.24. The molecule has 0 aliphatic carbocycles. The first-order valence-corrected chi connectivity index (χ1v) is 2.98. The fourth-order valence-electron chi connectivity index (χ4n) is 0.670. The van der Waals surface area contributed by atoms with Crippen molar-refractivity contribution in [3.8, 4) is 0 Å². The molecule has 0 amide bonds. The molecule has 0 saturated heterocycles. The first-order chi connectivity index (χ1) is 4.36. The summed E-state index contributed by atoms with van der Waals surface area (Å²) in [6, 6.07) is 0. The first-order valence-electron chi connectivity index (χ1n) is 2.98. The number of nitrogens with zero attached hydrogens (tertiary/aromatic N) is 2. The lowest BCUT2D eigenvalue weighted by Crippen LogP contribution is -2.29. The second-order valence-corrected chi connectivity index (χ2v) is 1.79. The van der Waals surface area contributed by atoms with Crippen LogP contribution >= 0.6 is 0 Å². The van der Waals surface area contributed by atoms with Crippen molar-refractivity contribution in [1.29, 1.82) is 0 Å². The summed E-state index contributed by atoms with van der Waals surface area (Å²) in [7, 11) is 1.64. The van der Waals surface area contributed by atoms with Crippen molar-refractivity contribution in [3.05, 3.63) is 18.7 Å². The maximum atomic E-state index is 4.89. The highest BCUT2D eigenvalue weighted by Gasteiger charge is 1.97. The van der Waals surface area contributed by atoms with E-state index in [0.717, 1.165) is 6.54 Å². The van der Waals surface area contributed by atoms with Crippen molar-refractivity contribution in [1.82, 2.24) is 4.73 Å². The number of imidazole rings is 1. The van der Waals surface area contributed by atoms with Gasteiger partial charge in [0.05, 0.1) is 6.54 Å². The molecule has 1 heterocycles. The van der Waals surface area contributed by atoms with Crippen LogP contribution < -0.4 is 9.40 Å². The van der Waals surface area contributed by atoms with Gasteiger partial charge < -0.3 is 4.84 Å². The predicted molar refractivity (Wildman–Crippen MR) is 32.8 cm³/mol. The highest BCUT2D eigenvalue weighted by atomic mass is 16.6. The van der Waals surface area contributed by atoms with Gasteiger partial charge in [-0.05, 0) is 6.92 Å². The Kier molecular flexibility index (Phi) is 1.72. The van der Waals surface area contributed by atoms with Crippen LogP contribution in [0.5, 0.6) is 0 Å². The SMILES string of the molecule is CC[n+]1ccn(OC)c1. The van der Waals surface area contributed by atoms with E-state index in [4.69, 9.17) is 4.84 Å². The smallest absolute Gasteiger partial charge is 0.284 e. The van der Waals surface area contributed by atoms with Gasteiger partial charge in [0.2, 0.25) is 0 Å². The molecule has 0 saturated carbocycles. The Labute approximate surface area is 54.4 Å². The van der Waals surface area contributed by atoms with Gasteiger partial charge in [-0.25, -0.2) is 4.57 Å². The molecule has 9 heavy (non-hydrogen) atoms. The van der Waals surface area contributed by atoms with Gasteiger partial charge in [-0.1, -0.05) is 4.73 Å². The summed E-state index contributed by atoms with van der Waals surface area (Å²) < 4.78 is 3.69. The van der Waals surface area contributed by atoms with Crippen molar-refractivity contribution in [2.45, 2.75) is 13.5 Å². The predicted octanol–water partition coefficient (Wildman–Crippen LogP) is -0.146. The van der Waals surface area contributed by atoms with Gasteiger partial charge in [0.15, 0.2) is 6.20 Å². The number of aromatic nitrogens is 2. The zero-order valence-corrected chi connectivity index (χ0v) is 5.74. The number of hydrogen-bond donors (Lipinski definition) is 0. The molecule has 1 aromatic rings. The standard InChI is InChI=1S/C6H11N2O/c1-3-7-4-5-8(6-7)9-2/h4-6H,3H2,1-2H3/q+1. The van der Waals surface area contributed by atoms with Crippen LogP contribution in [0.1, 0.15) is 6.92 Å². The lowest BCUT2D eigenvalue weighted by atomic mass is 10.7. The van der Waals surface area contributed by atoms with Gasteiger partial charge >= 0.3 is 0 Å². The Bertz CT molecular complexity index is 164. The van der Waals surface area contributed by atoms with E-state index in [1.807, 2.05) is 23.3 Å². The van der Waals surface area contributed by atoms with E-state index in [-0.39, 0.29) is 0 Å². The van der Waals surface area contributed by atoms with Gasteiger partial charge in [-0.15, -0.1) is 0 Å². The summed E-state index contributed by atoms with van der Waals surface area (Å²) in [4.78, 5) is 4.89. The summed E-state index contributed by atoms with van der Waals surface area (Å²) in [6.45, 7) is 3.07. The van der Waals surface area contributed by atoms with E-state index in [0.29, 0.717) is 0 Å². The molecule has 0 atom stereocenters. The summed E-state index contributed by atoms with van der Waals surface area (Å²) in [5.74, 6) is 0. The minimum absolute atomic E-state index is 0.982. The monoisotopic (exact) mass is 127 g/mol. The van der Waals surface area contributed by atoms with E-state index in [9.17, 15) is 0 Å². The molecule has 50 valence electrons. The normalized spacial score (nSPS) is 9.56. The zero-order valence-electron chi connectivity index (χ0n) is 5.74. The zero-order chi connectivity index (χ0) is 6.69. The van der Waals surface area contributed by atoms with Crippen LogP contribution in [0.15, 0.2) is 18.7 Å². The van der Waals surface area contributed by atoms with E-state index in [1.165, 1.54) is 0 Å². The Morgan fingerprint density at radius 2 is 2.44 bits per heavy atom. The molecule has 0 aliphatic heterocycles.